The molecule has 0 aromatic carbocycles. The summed E-state index contributed by atoms with van der Waals surface area (Å²) in [6.45, 7) is 0. The van der Waals surface area contributed by atoms with Gasteiger partial charge in [-0.05, 0) is 16.1 Å². The zero-order valence-corrected chi connectivity index (χ0v) is 6.44. The lowest BCUT2D eigenvalue weighted by Crippen LogP contribution is -2.50. The summed E-state index contributed by atoms with van der Waals surface area (Å²) in [6.07, 6.45) is -5.53. The molecule has 12 heavy (non-hydrogen) atoms. The average molecular weight is 237 g/mol. The number of halogens is 8. The number of rotatable bonds is 3. The minimum absolute atomic E-state index is 1.62. The van der Waals surface area contributed by atoms with Crippen molar-refractivity contribution in [3.8, 4) is 0 Å². The first kappa shape index (κ1) is 12.1. The van der Waals surface area contributed by atoms with Gasteiger partial charge in [-0.25, -0.2) is 4.39 Å². The largest absolute Gasteiger partial charge is 0.440 e. The maximum Gasteiger partial charge on any atom is 0.440 e. The van der Waals surface area contributed by atoms with Gasteiger partial charge in [0.05, 0.1) is 0 Å². The van der Waals surface area contributed by atoms with E-state index in [0.29, 0.717) is 0 Å². The van der Waals surface area contributed by atoms with Gasteiger partial charge in [-0.1, -0.05) is 11.6 Å². The smallest absolute Gasteiger partial charge is 0.208 e. The van der Waals surface area contributed by atoms with E-state index in [1.807, 2.05) is 0 Å². The first-order valence-electron chi connectivity index (χ1n) is 2.18. The first-order valence-corrected chi connectivity index (χ1v) is 2.94. The van der Waals surface area contributed by atoms with Crippen LogP contribution in [0.5, 0.6) is 0 Å². The Kier molecular flexibility index (Phi) is 3.15. The van der Waals surface area contributed by atoms with Gasteiger partial charge in [0, 0.05) is 0 Å². The minimum atomic E-state index is -5.53. The average Bonchev–Trinajstić information content (AvgIpc) is 1.85. The van der Waals surface area contributed by atoms with Crippen molar-refractivity contribution >= 4 is 23.2 Å². The van der Waals surface area contributed by atoms with Crippen LogP contribution >= 0.6 is 23.2 Å². The summed E-state index contributed by atoms with van der Waals surface area (Å²) in [7, 11) is 0. The van der Waals surface area contributed by atoms with Crippen LogP contribution in [0.25, 0.3) is 0 Å². The summed E-state index contributed by atoms with van der Waals surface area (Å²) in [5.74, 6) is 0. The second-order valence-electron chi connectivity index (χ2n) is 1.67. The Labute approximate surface area is 72.1 Å². The zero-order valence-electron chi connectivity index (χ0n) is 4.93. The van der Waals surface area contributed by atoms with Crippen LogP contribution in [0.2, 0.25) is 0 Å². The maximum absolute atomic E-state index is 12.1. The lowest BCUT2D eigenvalue weighted by molar-refractivity contribution is -0.399. The maximum atomic E-state index is 12.1. The lowest BCUT2D eigenvalue weighted by Gasteiger charge is -2.26. The summed E-state index contributed by atoms with van der Waals surface area (Å²) in [5, 5.41) is -10.3. The molecule has 0 N–H and O–H groups in total. The van der Waals surface area contributed by atoms with Crippen LogP contribution in [0.15, 0.2) is 0 Å². The van der Waals surface area contributed by atoms with Gasteiger partial charge in [0.1, 0.15) is 0 Å². The molecule has 1 nitrogen and oxygen atoms in total. The second kappa shape index (κ2) is 3.12. The molecular formula is C3Cl2F6O. The van der Waals surface area contributed by atoms with Crippen molar-refractivity contribution in [2.45, 2.75) is 16.6 Å². The van der Waals surface area contributed by atoms with Crippen LogP contribution in [0.4, 0.5) is 26.5 Å². The quantitative estimate of drug-likeness (QED) is 0.540. The molecule has 0 aromatic rings. The molecule has 0 aliphatic rings. The van der Waals surface area contributed by atoms with E-state index in [1.165, 1.54) is 0 Å². The molecule has 1 unspecified atom stereocenters. The first-order chi connectivity index (χ1) is 5.06. The van der Waals surface area contributed by atoms with Crippen LogP contribution in [0.3, 0.4) is 0 Å². The third kappa shape index (κ3) is 1.89. The Morgan fingerprint density at radius 3 is 1.33 bits per heavy atom. The molecule has 74 valence electrons. The van der Waals surface area contributed by atoms with Crippen molar-refractivity contribution in [3.05, 3.63) is 0 Å². The number of alkyl halides is 7. The molecule has 0 aliphatic carbocycles. The fraction of sp³-hybridized carbons (Fsp3) is 1.00. The van der Waals surface area contributed by atoms with E-state index in [-0.39, 0.29) is 0 Å². The molecule has 0 aromatic heterocycles. The van der Waals surface area contributed by atoms with E-state index < -0.39 is 16.6 Å². The number of hydrogen-bond donors (Lipinski definition) is 0. The highest BCUT2D eigenvalue weighted by atomic mass is 35.5. The highest BCUT2D eigenvalue weighted by molar-refractivity contribution is 6.32. The van der Waals surface area contributed by atoms with E-state index >= 15 is 0 Å². The Morgan fingerprint density at radius 1 is 0.917 bits per heavy atom. The Hall–Kier alpha value is 0.120. The predicted octanol–water partition coefficient (Wildman–Crippen LogP) is 3.22. The Balaban J connectivity index is 4.85. The van der Waals surface area contributed by atoms with Crippen molar-refractivity contribution < 1.29 is 31.4 Å². The summed E-state index contributed by atoms with van der Waals surface area (Å²) < 4.78 is 69.9. The van der Waals surface area contributed by atoms with Crippen molar-refractivity contribution in [3.63, 3.8) is 0 Å². The van der Waals surface area contributed by atoms with Crippen LogP contribution in [-0.4, -0.2) is 16.6 Å². The van der Waals surface area contributed by atoms with Crippen LogP contribution in [0.1, 0.15) is 0 Å². The zero-order chi connectivity index (χ0) is 10.2. The second-order valence-corrected chi connectivity index (χ2v) is 2.66. The van der Waals surface area contributed by atoms with Crippen molar-refractivity contribution in [2.24, 2.45) is 0 Å². The van der Waals surface area contributed by atoms with Gasteiger partial charge >= 0.3 is 16.6 Å². The van der Waals surface area contributed by atoms with Gasteiger partial charge in [0.25, 0.3) is 0 Å². The van der Waals surface area contributed by atoms with E-state index in [9.17, 15) is 26.5 Å². The molecular weight excluding hydrogens is 237 g/mol. The molecule has 0 saturated heterocycles. The van der Waals surface area contributed by atoms with Crippen LogP contribution in [0, 0.1) is 0 Å². The van der Waals surface area contributed by atoms with Gasteiger partial charge in [-0.2, -0.15) is 17.6 Å². The summed E-state index contributed by atoms with van der Waals surface area (Å²) in [5.41, 5.74) is 0. The van der Waals surface area contributed by atoms with Crippen molar-refractivity contribution in [2.75, 3.05) is 0 Å². The fourth-order valence-electron chi connectivity index (χ4n) is 0.213. The van der Waals surface area contributed by atoms with Crippen molar-refractivity contribution in [1.29, 1.82) is 0 Å². The van der Waals surface area contributed by atoms with E-state index in [4.69, 9.17) is 0 Å². The normalized spacial score (nSPS) is 19.0. The van der Waals surface area contributed by atoms with Crippen molar-refractivity contribution in [1.82, 2.24) is 0 Å². The SMILES string of the molecule is FOC(F)(F)C(F)(Cl)C(F)(F)Cl. The van der Waals surface area contributed by atoms with Gasteiger partial charge in [0.15, 0.2) is 0 Å². The highest BCUT2D eigenvalue weighted by Gasteiger charge is 2.71. The third-order valence-corrected chi connectivity index (χ3v) is 1.63. The molecule has 0 bridgehead atoms. The molecule has 0 rings (SSSR count). The molecule has 1 atom stereocenters. The van der Waals surface area contributed by atoms with Gasteiger partial charge < -0.3 is 0 Å². The summed E-state index contributed by atoms with van der Waals surface area (Å²) in [4.78, 5) is 1.62. The molecule has 0 radical (unpaired) electrons. The minimum Gasteiger partial charge on any atom is -0.208 e. The molecule has 0 amide bonds. The molecule has 0 heterocycles. The molecule has 0 fully saturated rings. The van der Waals surface area contributed by atoms with E-state index in [2.05, 4.69) is 23.2 Å². The summed E-state index contributed by atoms with van der Waals surface area (Å²) in [6, 6.07) is 0. The molecule has 0 aliphatic heterocycles. The fourth-order valence-corrected chi connectivity index (χ4v) is 0.353. The van der Waals surface area contributed by atoms with Crippen LogP contribution in [-0.2, 0) is 4.94 Å². The third-order valence-electron chi connectivity index (χ3n) is 0.818. The lowest BCUT2D eigenvalue weighted by atomic mass is 10.3. The van der Waals surface area contributed by atoms with E-state index in [1.54, 1.807) is 4.94 Å². The predicted molar refractivity (Wildman–Crippen MR) is 27.6 cm³/mol. The van der Waals surface area contributed by atoms with Gasteiger partial charge in [-0.15, -0.1) is 4.94 Å². The number of hydrogen-bond acceptors (Lipinski definition) is 1. The Morgan fingerprint density at radius 2 is 1.25 bits per heavy atom. The molecule has 0 spiro atoms. The molecule has 0 saturated carbocycles. The van der Waals surface area contributed by atoms with Gasteiger partial charge in [-0.3, -0.25) is 0 Å². The van der Waals surface area contributed by atoms with E-state index in [0.717, 1.165) is 0 Å². The standard InChI is InChI=1S/C3Cl2F6O/c4-1(6,2(5,7)8)3(9,10)12-11. The topological polar surface area (TPSA) is 9.23 Å². The Bertz CT molecular complexity index is 165. The highest BCUT2D eigenvalue weighted by Crippen LogP contribution is 2.50. The van der Waals surface area contributed by atoms with Gasteiger partial charge in [0.2, 0.25) is 0 Å². The van der Waals surface area contributed by atoms with Crippen LogP contribution < -0.4 is 0 Å². The summed E-state index contributed by atoms with van der Waals surface area (Å²) >= 11 is 7.76. The molecule has 9 heteroatoms. The monoisotopic (exact) mass is 236 g/mol.